The maximum absolute atomic E-state index is 12.5. The molecule has 1 aliphatic carbocycles. The Hall–Kier alpha value is -0.970. The second-order valence-corrected chi connectivity index (χ2v) is 9.01. The van der Waals surface area contributed by atoms with Gasteiger partial charge in [-0.2, -0.15) is 0 Å². The number of halogens is 2. The van der Waals surface area contributed by atoms with Crippen molar-refractivity contribution < 1.29 is 14.3 Å². The van der Waals surface area contributed by atoms with Crippen molar-refractivity contribution in [1.29, 1.82) is 0 Å². The number of ether oxygens (including phenoxy) is 2. The zero-order valence-corrected chi connectivity index (χ0v) is 16.2. The lowest BCUT2D eigenvalue weighted by molar-refractivity contribution is -0.134. The lowest BCUT2D eigenvalue weighted by Crippen LogP contribution is -2.48. The molecule has 25 heavy (non-hydrogen) atoms. The predicted molar refractivity (Wildman–Crippen MR) is 99.5 cm³/mol. The van der Waals surface area contributed by atoms with Gasteiger partial charge in [-0.15, -0.1) is 23.2 Å². The Morgan fingerprint density at radius 2 is 1.88 bits per heavy atom. The Balaban J connectivity index is 1.52. The summed E-state index contributed by atoms with van der Waals surface area (Å²) in [5.41, 5.74) is 0.161. The minimum absolute atomic E-state index is 0.106. The molecule has 0 bridgehead atoms. The lowest BCUT2D eigenvalue weighted by atomic mass is 10.00. The molecule has 1 aromatic rings. The van der Waals surface area contributed by atoms with Gasteiger partial charge in [-0.1, -0.05) is 12.1 Å². The molecule has 138 valence electrons. The van der Waals surface area contributed by atoms with E-state index in [1.54, 1.807) is 13.8 Å². The SMILES string of the molecule is CC(C)(Oc1ccc([C@H]2CC2(Cl)Cl)cc1)C(=O)NCC1CCOCC1. The van der Waals surface area contributed by atoms with E-state index in [0.29, 0.717) is 18.2 Å². The van der Waals surface area contributed by atoms with Crippen LogP contribution in [0.4, 0.5) is 0 Å². The van der Waals surface area contributed by atoms with E-state index in [1.165, 1.54) is 0 Å². The number of carbonyl (C=O) groups is 1. The van der Waals surface area contributed by atoms with E-state index in [-0.39, 0.29) is 11.8 Å². The van der Waals surface area contributed by atoms with Gasteiger partial charge < -0.3 is 14.8 Å². The minimum atomic E-state index is -0.936. The average Bonchev–Trinajstić information content (AvgIpc) is 3.22. The molecule has 2 aliphatic rings. The van der Waals surface area contributed by atoms with Gasteiger partial charge in [0.15, 0.2) is 5.60 Å². The van der Waals surface area contributed by atoms with Gasteiger partial charge >= 0.3 is 0 Å². The fraction of sp³-hybridized carbons (Fsp3) is 0.632. The normalized spacial score (nSPS) is 23.1. The van der Waals surface area contributed by atoms with E-state index in [9.17, 15) is 4.79 Å². The van der Waals surface area contributed by atoms with Crippen LogP contribution in [0.2, 0.25) is 0 Å². The third-order valence-electron chi connectivity index (χ3n) is 4.92. The van der Waals surface area contributed by atoms with Crippen LogP contribution in [0.25, 0.3) is 0 Å². The lowest BCUT2D eigenvalue weighted by Gasteiger charge is -2.28. The number of alkyl halides is 2. The van der Waals surface area contributed by atoms with Crippen molar-refractivity contribution in [3.8, 4) is 5.75 Å². The first kappa shape index (κ1) is 18.8. The van der Waals surface area contributed by atoms with Crippen molar-refractivity contribution in [1.82, 2.24) is 5.32 Å². The molecule has 0 radical (unpaired) electrons. The van der Waals surface area contributed by atoms with Crippen molar-refractivity contribution in [2.45, 2.75) is 49.0 Å². The Bertz CT molecular complexity index is 610. The van der Waals surface area contributed by atoms with Crippen molar-refractivity contribution >= 4 is 29.1 Å². The molecule has 6 heteroatoms. The Labute approximate surface area is 159 Å². The molecule has 0 spiro atoms. The van der Waals surface area contributed by atoms with E-state index in [1.807, 2.05) is 24.3 Å². The summed E-state index contributed by atoms with van der Waals surface area (Å²) >= 11 is 12.2. The van der Waals surface area contributed by atoms with Crippen LogP contribution < -0.4 is 10.1 Å². The fourth-order valence-corrected chi connectivity index (χ4v) is 3.65. The molecule has 4 nitrogen and oxygen atoms in total. The molecule has 1 atom stereocenters. The highest BCUT2D eigenvalue weighted by molar-refractivity contribution is 6.51. The maximum Gasteiger partial charge on any atom is 0.263 e. The highest BCUT2D eigenvalue weighted by atomic mass is 35.5. The van der Waals surface area contributed by atoms with Gasteiger partial charge in [-0.25, -0.2) is 0 Å². The smallest absolute Gasteiger partial charge is 0.263 e. The van der Waals surface area contributed by atoms with Crippen LogP contribution in [0, 0.1) is 5.92 Å². The zero-order valence-electron chi connectivity index (χ0n) is 14.7. The molecule has 1 N–H and O–H groups in total. The first-order chi connectivity index (χ1) is 11.8. The van der Waals surface area contributed by atoms with Crippen LogP contribution in [0.1, 0.15) is 44.6 Å². The van der Waals surface area contributed by atoms with E-state index in [0.717, 1.165) is 38.0 Å². The van der Waals surface area contributed by atoms with E-state index in [4.69, 9.17) is 32.7 Å². The third kappa shape index (κ3) is 4.81. The summed E-state index contributed by atoms with van der Waals surface area (Å²) in [6, 6.07) is 7.65. The fourth-order valence-electron chi connectivity index (χ4n) is 3.08. The summed E-state index contributed by atoms with van der Waals surface area (Å²) in [4.78, 5) is 12.5. The molecule has 2 fully saturated rings. The molecule has 0 aromatic heterocycles. The molecule has 1 aliphatic heterocycles. The van der Waals surface area contributed by atoms with Crippen LogP contribution in [0.3, 0.4) is 0 Å². The third-order valence-corrected chi connectivity index (χ3v) is 5.76. The monoisotopic (exact) mass is 385 g/mol. The second kappa shape index (κ2) is 7.34. The van der Waals surface area contributed by atoms with Crippen LogP contribution in [0.5, 0.6) is 5.75 Å². The van der Waals surface area contributed by atoms with Gasteiger partial charge in [0, 0.05) is 25.7 Å². The zero-order chi connectivity index (χ0) is 18.1. The Morgan fingerprint density at radius 3 is 2.44 bits per heavy atom. The maximum atomic E-state index is 12.5. The van der Waals surface area contributed by atoms with Gasteiger partial charge in [0.1, 0.15) is 10.1 Å². The number of hydrogen-bond donors (Lipinski definition) is 1. The van der Waals surface area contributed by atoms with E-state index < -0.39 is 9.93 Å². The summed E-state index contributed by atoms with van der Waals surface area (Å²) in [6.45, 7) is 5.79. The van der Waals surface area contributed by atoms with E-state index in [2.05, 4.69) is 5.32 Å². The molecule has 1 heterocycles. The average molecular weight is 386 g/mol. The summed E-state index contributed by atoms with van der Waals surface area (Å²) in [5.74, 6) is 1.22. The predicted octanol–water partition coefficient (Wildman–Crippen LogP) is 4.05. The van der Waals surface area contributed by atoms with Gasteiger partial charge in [0.2, 0.25) is 0 Å². The second-order valence-electron chi connectivity index (χ2n) is 7.46. The quantitative estimate of drug-likeness (QED) is 0.751. The van der Waals surface area contributed by atoms with Crippen molar-refractivity contribution in [2.24, 2.45) is 5.92 Å². The van der Waals surface area contributed by atoms with Crippen LogP contribution in [-0.4, -0.2) is 35.6 Å². The van der Waals surface area contributed by atoms with Crippen LogP contribution in [0.15, 0.2) is 24.3 Å². The molecule has 1 aromatic carbocycles. The van der Waals surface area contributed by atoms with E-state index >= 15 is 0 Å². The van der Waals surface area contributed by atoms with Gasteiger partial charge in [0.05, 0.1) is 0 Å². The number of carbonyl (C=O) groups excluding carboxylic acids is 1. The summed E-state index contributed by atoms with van der Waals surface area (Å²) in [6.07, 6.45) is 2.76. The largest absolute Gasteiger partial charge is 0.478 e. The Morgan fingerprint density at radius 1 is 1.28 bits per heavy atom. The standard InChI is InChI=1S/C19H25Cl2NO3/c1-18(2,17(23)22-12-13-7-9-24-10-8-13)25-15-5-3-14(4-6-15)16-11-19(16,20)21/h3-6,13,16H,7-12H2,1-2H3,(H,22,23)/t16-/m1/s1. The number of hydrogen-bond acceptors (Lipinski definition) is 3. The number of nitrogens with one attached hydrogen (secondary N) is 1. The molecular formula is C19H25Cl2NO3. The number of benzene rings is 1. The Kier molecular flexibility index (Phi) is 5.52. The van der Waals surface area contributed by atoms with Crippen LogP contribution in [-0.2, 0) is 9.53 Å². The van der Waals surface area contributed by atoms with Crippen molar-refractivity contribution in [2.75, 3.05) is 19.8 Å². The molecule has 1 amide bonds. The van der Waals surface area contributed by atoms with Crippen LogP contribution >= 0.6 is 23.2 Å². The molecule has 1 saturated carbocycles. The summed E-state index contributed by atoms with van der Waals surface area (Å²) in [7, 11) is 0. The first-order valence-corrected chi connectivity index (χ1v) is 9.56. The molecule has 1 saturated heterocycles. The summed E-state index contributed by atoms with van der Waals surface area (Å²) < 4.78 is 10.6. The van der Waals surface area contributed by atoms with Gasteiger partial charge in [-0.3, -0.25) is 4.79 Å². The molecule has 0 unspecified atom stereocenters. The number of amides is 1. The van der Waals surface area contributed by atoms with Crippen molar-refractivity contribution in [3.63, 3.8) is 0 Å². The van der Waals surface area contributed by atoms with Crippen molar-refractivity contribution in [3.05, 3.63) is 29.8 Å². The topological polar surface area (TPSA) is 47.6 Å². The summed E-state index contributed by atoms with van der Waals surface area (Å²) in [5, 5.41) is 3.01. The van der Waals surface area contributed by atoms with Gasteiger partial charge in [-0.05, 0) is 56.7 Å². The first-order valence-electron chi connectivity index (χ1n) is 8.81. The highest BCUT2D eigenvalue weighted by Gasteiger charge is 2.52. The molecular weight excluding hydrogens is 361 g/mol. The van der Waals surface area contributed by atoms with Gasteiger partial charge in [0.25, 0.3) is 5.91 Å². The highest BCUT2D eigenvalue weighted by Crippen LogP contribution is 2.59. The number of rotatable bonds is 6. The molecule has 3 rings (SSSR count). The minimum Gasteiger partial charge on any atom is -0.478 e.